The molecule has 0 saturated heterocycles. The summed E-state index contributed by atoms with van der Waals surface area (Å²) in [5.74, 6) is 0.739. The van der Waals surface area contributed by atoms with E-state index in [0.29, 0.717) is 10.6 Å². The molecular weight excluding hydrogens is 274 g/mol. The molecule has 0 aliphatic heterocycles. The molecule has 0 fully saturated rings. The predicted octanol–water partition coefficient (Wildman–Crippen LogP) is 3.40. The molecule has 5 heteroatoms. The van der Waals surface area contributed by atoms with Crippen LogP contribution in [0.15, 0.2) is 42.5 Å². The van der Waals surface area contributed by atoms with Crippen molar-refractivity contribution in [2.45, 2.75) is 0 Å². The van der Waals surface area contributed by atoms with Gasteiger partial charge < -0.3 is 15.4 Å². The van der Waals surface area contributed by atoms with E-state index in [4.69, 9.17) is 27.5 Å². The second kappa shape index (κ2) is 5.84. The molecule has 0 aliphatic carbocycles. The number of benzene rings is 2. The summed E-state index contributed by atoms with van der Waals surface area (Å²) in [5.41, 5.74) is 7.82. The van der Waals surface area contributed by atoms with Gasteiger partial charge in [0.05, 0.1) is 17.8 Å². The molecule has 0 amide bonds. The number of methoxy groups -OCH3 is 1. The lowest BCUT2D eigenvalue weighted by Crippen LogP contribution is -2.14. The summed E-state index contributed by atoms with van der Waals surface area (Å²) in [6, 6.07) is 13.1. The fourth-order valence-electron chi connectivity index (χ4n) is 1.98. The van der Waals surface area contributed by atoms with Gasteiger partial charge in [-0.1, -0.05) is 23.7 Å². The highest BCUT2D eigenvalue weighted by Gasteiger charge is 2.11. The van der Waals surface area contributed by atoms with Gasteiger partial charge in [-0.25, -0.2) is 0 Å². The fraction of sp³-hybridized carbons (Fsp3) is 0.133. The van der Waals surface area contributed by atoms with Gasteiger partial charge in [-0.3, -0.25) is 5.41 Å². The Morgan fingerprint density at radius 1 is 1.25 bits per heavy atom. The first kappa shape index (κ1) is 14.2. The molecule has 0 heterocycles. The van der Waals surface area contributed by atoms with Crippen LogP contribution in [-0.4, -0.2) is 20.0 Å². The molecule has 0 radical (unpaired) electrons. The van der Waals surface area contributed by atoms with Gasteiger partial charge in [-0.2, -0.15) is 0 Å². The van der Waals surface area contributed by atoms with E-state index in [0.717, 1.165) is 17.1 Å². The van der Waals surface area contributed by atoms with Gasteiger partial charge in [0.15, 0.2) is 0 Å². The average molecular weight is 290 g/mol. The van der Waals surface area contributed by atoms with Gasteiger partial charge >= 0.3 is 0 Å². The number of nitrogen functional groups attached to an aromatic ring is 1. The van der Waals surface area contributed by atoms with Gasteiger partial charge in [-0.15, -0.1) is 0 Å². The summed E-state index contributed by atoms with van der Waals surface area (Å²) in [6.45, 7) is 0. The van der Waals surface area contributed by atoms with Crippen molar-refractivity contribution in [3.8, 4) is 5.75 Å². The number of para-hydroxylation sites is 2. The number of anilines is 2. The average Bonchev–Trinajstić information content (AvgIpc) is 2.45. The number of hydrogen-bond acceptors (Lipinski definition) is 3. The number of rotatable bonds is 4. The van der Waals surface area contributed by atoms with Gasteiger partial charge in [0.25, 0.3) is 0 Å². The molecule has 0 spiro atoms. The van der Waals surface area contributed by atoms with Crippen LogP contribution in [0.2, 0.25) is 5.02 Å². The molecule has 4 nitrogen and oxygen atoms in total. The minimum Gasteiger partial charge on any atom is -0.495 e. The molecule has 2 rings (SSSR count). The lowest BCUT2D eigenvalue weighted by atomic mass is 10.1. The Morgan fingerprint density at radius 3 is 2.55 bits per heavy atom. The zero-order valence-electron chi connectivity index (χ0n) is 11.4. The van der Waals surface area contributed by atoms with Gasteiger partial charge in [-0.05, 0) is 30.3 Å². The molecule has 2 aromatic rings. The molecule has 2 aromatic carbocycles. The Kier molecular flexibility index (Phi) is 4.15. The zero-order chi connectivity index (χ0) is 14.7. The second-order valence-corrected chi connectivity index (χ2v) is 4.72. The van der Waals surface area contributed by atoms with Crippen LogP contribution in [0.4, 0.5) is 11.4 Å². The largest absolute Gasteiger partial charge is 0.495 e. The van der Waals surface area contributed by atoms with E-state index in [9.17, 15) is 0 Å². The summed E-state index contributed by atoms with van der Waals surface area (Å²) in [5, 5.41) is 7.90. The quantitative estimate of drug-likeness (QED) is 0.670. The molecule has 0 saturated carbocycles. The number of nitrogens with two attached hydrogens (primary N) is 1. The van der Waals surface area contributed by atoms with E-state index in [-0.39, 0.29) is 5.84 Å². The smallest absolute Gasteiger partial charge is 0.142 e. The number of ether oxygens (including phenoxy) is 1. The lowest BCUT2D eigenvalue weighted by Gasteiger charge is -2.22. The SMILES string of the molecule is COc1ccccc1N(C)c1ccc(C(=N)N)c(Cl)c1. The third kappa shape index (κ3) is 2.70. The normalized spacial score (nSPS) is 10.2. The molecule has 0 aromatic heterocycles. The number of amidine groups is 1. The molecule has 0 aliphatic rings. The number of halogens is 1. The maximum Gasteiger partial charge on any atom is 0.142 e. The topological polar surface area (TPSA) is 62.3 Å². The van der Waals surface area contributed by atoms with Crippen molar-refractivity contribution in [2.75, 3.05) is 19.1 Å². The Balaban J connectivity index is 2.41. The molecular formula is C15H16ClN3O. The predicted molar refractivity (Wildman–Crippen MR) is 83.5 cm³/mol. The minimum absolute atomic E-state index is 0.0403. The molecule has 0 unspecified atom stereocenters. The molecule has 0 atom stereocenters. The standard InChI is InChI=1S/C15H16ClN3O/c1-19(13-5-3-4-6-14(13)20-2)10-7-8-11(15(17)18)12(16)9-10/h3-9H,1-2H3,(H3,17,18). The van der Waals surface area contributed by atoms with Crippen LogP contribution in [-0.2, 0) is 0 Å². The van der Waals surface area contributed by atoms with Crippen molar-refractivity contribution < 1.29 is 4.74 Å². The van der Waals surface area contributed by atoms with E-state index in [1.807, 2.05) is 42.3 Å². The van der Waals surface area contributed by atoms with Crippen molar-refractivity contribution in [1.82, 2.24) is 0 Å². The highest BCUT2D eigenvalue weighted by Crippen LogP contribution is 2.33. The number of hydrogen-bond donors (Lipinski definition) is 2. The first-order valence-corrected chi connectivity index (χ1v) is 6.43. The third-order valence-electron chi connectivity index (χ3n) is 3.08. The maximum atomic E-state index is 7.44. The summed E-state index contributed by atoms with van der Waals surface area (Å²) < 4.78 is 5.35. The second-order valence-electron chi connectivity index (χ2n) is 4.31. The Bertz CT molecular complexity index is 643. The fourth-order valence-corrected chi connectivity index (χ4v) is 2.25. The zero-order valence-corrected chi connectivity index (χ0v) is 12.1. The van der Waals surface area contributed by atoms with Crippen LogP contribution in [0.1, 0.15) is 5.56 Å². The maximum absolute atomic E-state index is 7.44. The Hall–Kier alpha value is -2.20. The summed E-state index contributed by atoms with van der Waals surface area (Å²) in [7, 11) is 3.56. The van der Waals surface area contributed by atoms with Crippen LogP contribution in [0.3, 0.4) is 0 Å². The highest BCUT2D eigenvalue weighted by molar-refractivity contribution is 6.34. The van der Waals surface area contributed by atoms with Crippen LogP contribution in [0, 0.1) is 5.41 Å². The van der Waals surface area contributed by atoms with Gasteiger partial charge in [0.1, 0.15) is 11.6 Å². The van der Waals surface area contributed by atoms with Crippen molar-refractivity contribution in [3.63, 3.8) is 0 Å². The van der Waals surface area contributed by atoms with E-state index in [1.54, 1.807) is 19.2 Å². The molecule has 20 heavy (non-hydrogen) atoms. The van der Waals surface area contributed by atoms with Crippen LogP contribution in [0.25, 0.3) is 0 Å². The Labute approximate surface area is 123 Å². The molecule has 0 bridgehead atoms. The van der Waals surface area contributed by atoms with Gasteiger partial charge in [0, 0.05) is 18.3 Å². The molecule has 3 N–H and O–H groups in total. The third-order valence-corrected chi connectivity index (χ3v) is 3.39. The van der Waals surface area contributed by atoms with E-state index in [2.05, 4.69) is 0 Å². The number of nitrogens with one attached hydrogen (secondary N) is 1. The highest BCUT2D eigenvalue weighted by atomic mass is 35.5. The van der Waals surface area contributed by atoms with Crippen molar-refractivity contribution in [2.24, 2.45) is 5.73 Å². The van der Waals surface area contributed by atoms with E-state index < -0.39 is 0 Å². The van der Waals surface area contributed by atoms with Crippen molar-refractivity contribution in [1.29, 1.82) is 5.41 Å². The Morgan fingerprint density at radius 2 is 1.95 bits per heavy atom. The lowest BCUT2D eigenvalue weighted by molar-refractivity contribution is 0.415. The summed E-state index contributed by atoms with van der Waals surface area (Å²) in [6.07, 6.45) is 0. The van der Waals surface area contributed by atoms with E-state index in [1.165, 1.54) is 0 Å². The van der Waals surface area contributed by atoms with Crippen molar-refractivity contribution in [3.05, 3.63) is 53.1 Å². The monoisotopic (exact) mass is 289 g/mol. The first-order valence-electron chi connectivity index (χ1n) is 6.05. The summed E-state index contributed by atoms with van der Waals surface area (Å²) >= 11 is 6.15. The number of nitrogens with zero attached hydrogens (tertiary/aromatic N) is 1. The van der Waals surface area contributed by atoms with Gasteiger partial charge in [0.2, 0.25) is 0 Å². The minimum atomic E-state index is -0.0403. The van der Waals surface area contributed by atoms with Crippen LogP contribution < -0.4 is 15.4 Å². The molecule has 104 valence electrons. The first-order chi connectivity index (χ1) is 9.54. The summed E-state index contributed by atoms with van der Waals surface area (Å²) in [4.78, 5) is 1.97. The van der Waals surface area contributed by atoms with E-state index >= 15 is 0 Å². The van der Waals surface area contributed by atoms with Crippen molar-refractivity contribution >= 4 is 28.8 Å². The van der Waals surface area contributed by atoms with Crippen LogP contribution >= 0.6 is 11.6 Å². The van der Waals surface area contributed by atoms with Crippen LogP contribution in [0.5, 0.6) is 5.75 Å².